The Balaban J connectivity index is 1.75. The molecule has 0 N–H and O–H groups in total. The van der Waals surface area contributed by atoms with Crippen molar-refractivity contribution in [3.8, 4) is 0 Å². The van der Waals surface area contributed by atoms with Crippen LogP contribution in [0.15, 0.2) is 42.5 Å². The quantitative estimate of drug-likeness (QED) is 0.747. The van der Waals surface area contributed by atoms with Gasteiger partial charge in [0.2, 0.25) is 0 Å². The molecule has 0 amide bonds. The standard InChI is InChI=1S/C18H17Cl2NO/c19-15-7-8-16(17(20)11-15)18(22)14-5-3-13(4-6-14)12-21-9-1-2-10-21/h3-8,11H,1-2,9-10,12H2. The number of benzene rings is 2. The highest BCUT2D eigenvalue weighted by Crippen LogP contribution is 2.24. The van der Waals surface area contributed by atoms with Crippen molar-refractivity contribution in [1.82, 2.24) is 4.90 Å². The summed E-state index contributed by atoms with van der Waals surface area (Å²) in [6.45, 7) is 3.29. The Kier molecular flexibility index (Phi) is 4.82. The maximum Gasteiger partial charge on any atom is 0.194 e. The number of halogens is 2. The second-order valence-corrected chi connectivity index (χ2v) is 6.48. The molecule has 0 atom stereocenters. The highest BCUT2D eigenvalue weighted by molar-refractivity contribution is 6.37. The van der Waals surface area contributed by atoms with Crippen molar-refractivity contribution in [2.75, 3.05) is 13.1 Å². The van der Waals surface area contributed by atoms with Gasteiger partial charge in [0.25, 0.3) is 0 Å². The summed E-state index contributed by atoms with van der Waals surface area (Å²) < 4.78 is 0. The predicted octanol–water partition coefficient (Wildman–Crippen LogP) is 4.82. The lowest BCUT2D eigenvalue weighted by Gasteiger charge is -2.14. The number of nitrogens with zero attached hydrogens (tertiary/aromatic N) is 1. The zero-order chi connectivity index (χ0) is 15.5. The zero-order valence-electron chi connectivity index (χ0n) is 12.2. The van der Waals surface area contributed by atoms with Gasteiger partial charge in [0.15, 0.2) is 5.78 Å². The lowest BCUT2D eigenvalue weighted by atomic mass is 10.0. The SMILES string of the molecule is O=C(c1ccc(CN2CCCC2)cc1)c1ccc(Cl)cc1Cl. The second-order valence-electron chi connectivity index (χ2n) is 5.63. The molecular formula is C18H17Cl2NO. The van der Waals surface area contributed by atoms with E-state index >= 15 is 0 Å². The van der Waals surface area contributed by atoms with Gasteiger partial charge < -0.3 is 0 Å². The number of ketones is 1. The van der Waals surface area contributed by atoms with Crippen molar-refractivity contribution in [2.45, 2.75) is 19.4 Å². The Morgan fingerprint density at radius 1 is 1.00 bits per heavy atom. The Morgan fingerprint density at radius 2 is 1.68 bits per heavy atom. The van der Waals surface area contributed by atoms with Crippen LogP contribution in [0.3, 0.4) is 0 Å². The molecule has 0 spiro atoms. The third-order valence-corrected chi connectivity index (χ3v) is 4.54. The molecule has 0 aliphatic carbocycles. The van der Waals surface area contributed by atoms with Crippen molar-refractivity contribution < 1.29 is 4.79 Å². The first kappa shape index (κ1) is 15.5. The van der Waals surface area contributed by atoms with Gasteiger partial charge >= 0.3 is 0 Å². The summed E-state index contributed by atoms with van der Waals surface area (Å²) in [4.78, 5) is 14.9. The van der Waals surface area contributed by atoms with Gasteiger partial charge in [-0.2, -0.15) is 0 Å². The largest absolute Gasteiger partial charge is 0.299 e. The number of rotatable bonds is 4. The van der Waals surface area contributed by atoms with Crippen LogP contribution in [-0.2, 0) is 6.54 Å². The van der Waals surface area contributed by atoms with E-state index in [1.165, 1.54) is 31.5 Å². The van der Waals surface area contributed by atoms with E-state index in [1.54, 1.807) is 18.2 Å². The average molecular weight is 334 g/mol. The predicted molar refractivity (Wildman–Crippen MR) is 90.8 cm³/mol. The normalized spacial score (nSPS) is 15.2. The van der Waals surface area contributed by atoms with Crippen LogP contribution in [0, 0.1) is 0 Å². The van der Waals surface area contributed by atoms with Gasteiger partial charge in [-0.3, -0.25) is 9.69 Å². The minimum atomic E-state index is -0.0746. The Labute approximate surface area is 140 Å². The molecule has 0 saturated carbocycles. The molecule has 1 fully saturated rings. The van der Waals surface area contributed by atoms with Crippen molar-refractivity contribution in [2.24, 2.45) is 0 Å². The minimum Gasteiger partial charge on any atom is -0.299 e. The van der Waals surface area contributed by atoms with Crippen LogP contribution in [0.5, 0.6) is 0 Å². The van der Waals surface area contributed by atoms with Gasteiger partial charge in [-0.05, 0) is 49.7 Å². The van der Waals surface area contributed by atoms with E-state index in [1.807, 2.05) is 24.3 Å². The molecule has 1 aliphatic rings. The number of hydrogen-bond donors (Lipinski definition) is 0. The van der Waals surface area contributed by atoms with Crippen LogP contribution in [0.25, 0.3) is 0 Å². The molecule has 4 heteroatoms. The first-order valence-corrected chi connectivity index (χ1v) is 8.20. The van der Waals surface area contributed by atoms with Crippen molar-refractivity contribution in [3.63, 3.8) is 0 Å². The molecule has 22 heavy (non-hydrogen) atoms. The maximum atomic E-state index is 12.5. The summed E-state index contributed by atoms with van der Waals surface area (Å²) in [5.41, 5.74) is 2.37. The topological polar surface area (TPSA) is 20.3 Å². The monoisotopic (exact) mass is 333 g/mol. The summed E-state index contributed by atoms with van der Waals surface area (Å²) in [6, 6.07) is 12.7. The number of carbonyl (C=O) groups excluding carboxylic acids is 1. The van der Waals surface area contributed by atoms with Crippen molar-refractivity contribution >= 4 is 29.0 Å². The molecule has 114 valence electrons. The van der Waals surface area contributed by atoms with E-state index < -0.39 is 0 Å². The molecule has 0 bridgehead atoms. The summed E-state index contributed by atoms with van der Waals surface area (Å²) >= 11 is 12.0. The van der Waals surface area contributed by atoms with Crippen LogP contribution < -0.4 is 0 Å². The Bertz CT molecular complexity index is 676. The fraction of sp³-hybridized carbons (Fsp3) is 0.278. The third kappa shape index (κ3) is 3.52. The number of carbonyl (C=O) groups is 1. The summed E-state index contributed by atoms with van der Waals surface area (Å²) in [5.74, 6) is -0.0746. The van der Waals surface area contributed by atoms with E-state index in [-0.39, 0.29) is 5.78 Å². The van der Waals surface area contributed by atoms with Gasteiger partial charge in [-0.15, -0.1) is 0 Å². The van der Waals surface area contributed by atoms with Crippen LogP contribution in [0.1, 0.15) is 34.3 Å². The van der Waals surface area contributed by atoms with Gasteiger partial charge in [0, 0.05) is 22.7 Å². The minimum absolute atomic E-state index is 0.0746. The van der Waals surface area contributed by atoms with Crippen LogP contribution >= 0.6 is 23.2 Å². The third-order valence-electron chi connectivity index (χ3n) is 4.00. The molecule has 0 unspecified atom stereocenters. The molecule has 1 heterocycles. The molecule has 2 aromatic carbocycles. The first-order valence-electron chi connectivity index (χ1n) is 7.44. The van der Waals surface area contributed by atoms with Crippen LogP contribution in [0.4, 0.5) is 0 Å². The van der Waals surface area contributed by atoms with Gasteiger partial charge in [0.1, 0.15) is 0 Å². The van der Waals surface area contributed by atoms with Gasteiger partial charge in [-0.1, -0.05) is 47.5 Å². The van der Waals surface area contributed by atoms with E-state index in [2.05, 4.69) is 4.90 Å². The average Bonchev–Trinajstić information content (AvgIpc) is 3.00. The zero-order valence-corrected chi connectivity index (χ0v) is 13.7. The number of hydrogen-bond acceptors (Lipinski definition) is 2. The lowest BCUT2D eigenvalue weighted by Crippen LogP contribution is -2.18. The molecule has 0 radical (unpaired) electrons. The van der Waals surface area contributed by atoms with E-state index in [0.717, 1.165) is 6.54 Å². The van der Waals surface area contributed by atoms with E-state index in [4.69, 9.17) is 23.2 Å². The summed E-state index contributed by atoms with van der Waals surface area (Å²) in [7, 11) is 0. The Morgan fingerprint density at radius 3 is 2.32 bits per heavy atom. The van der Waals surface area contributed by atoms with Crippen molar-refractivity contribution in [3.05, 3.63) is 69.2 Å². The second kappa shape index (κ2) is 6.82. The lowest BCUT2D eigenvalue weighted by molar-refractivity contribution is 0.103. The summed E-state index contributed by atoms with van der Waals surface area (Å²) in [6.07, 6.45) is 2.57. The fourth-order valence-electron chi connectivity index (χ4n) is 2.79. The highest BCUT2D eigenvalue weighted by Gasteiger charge is 2.14. The highest BCUT2D eigenvalue weighted by atomic mass is 35.5. The Hall–Kier alpha value is -1.35. The van der Waals surface area contributed by atoms with Crippen LogP contribution in [-0.4, -0.2) is 23.8 Å². The molecule has 1 aliphatic heterocycles. The summed E-state index contributed by atoms with van der Waals surface area (Å²) in [5, 5.41) is 0.918. The van der Waals surface area contributed by atoms with E-state index in [9.17, 15) is 4.79 Å². The molecule has 3 rings (SSSR count). The smallest absolute Gasteiger partial charge is 0.194 e. The molecule has 1 saturated heterocycles. The van der Waals surface area contributed by atoms with Crippen LogP contribution in [0.2, 0.25) is 10.0 Å². The molecule has 2 nitrogen and oxygen atoms in total. The molecular weight excluding hydrogens is 317 g/mol. The number of likely N-dealkylation sites (tertiary alicyclic amines) is 1. The maximum absolute atomic E-state index is 12.5. The molecule has 0 aromatic heterocycles. The van der Waals surface area contributed by atoms with Gasteiger partial charge in [0.05, 0.1) is 5.02 Å². The first-order chi connectivity index (χ1) is 10.6. The fourth-order valence-corrected chi connectivity index (χ4v) is 3.28. The van der Waals surface area contributed by atoms with Crippen molar-refractivity contribution in [1.29, 1.82) is 0 Å². The van der Waals surface area contributed by atoms with E-state index in [0.29, 0.717) is 21.2 Å². The van der Waals surface area contributed by atoms with Gasteiger partial charge in [-0.25, -0.2) is 0 Å². The molecule has 2 aromatic rings.